The molecule has 1 aromatic heterocycles. The van der Waals surface area contributed by atoms with Crippen molar-refractivity contribution in [1.82, 2.24) is 0 Å². The van der Waals surface area contributed by atoms with Gasteiger partial charge in [-0.15, -0.1) is 11.3 Å². The first-order valence-electron chi connectivity index (χ1n) is 10.7. The van der Waals surface area contributed by atoms with Crippen molar-refractivity contribution < 1.29 is 28.8 Å². The number of aliphatic hydroxyl groups is 1. The number of hydrogen-bond acceptors (Lipinski definition) is 7. The summed E-state index contributed by atoms with van der Waals surface area (Å²) in [6, 6.07) is 20.0. The maximum atomic E-state index is 10.9. The average Bonchev–Trinajstić information content (AvgIpc) is 3.37. The van der Waals surface area contributed by atoms with E-state index >= 15 is 0 Å². The Hall–Kier alpha value is -2.36. The van der Waals surface area contributed by atoms with Gasteiger partial charge in [-0.05, 0) is 53.5 Å². The summed E-state index contributed by atoms with van der Waals surface area (Å²) in [5.41, 5.74) is 9.58. The van der Waals surface area contributed by atoms with Gasteiger partial charge >= 0.3 is 7.82 Å². The first-order valence-corrected chi connectivity index (χ1v) is 13.1. The SMILES string of the molecule is C/C(=N\OCc1ccc(-c2cccs2)cc1)c1ccc(CCC(N)(CO)COP(=O)(O)O)cc1. The van der Waals surface area contributed by atoms with Crippen LogP contribution in [0.25, 0.3) is 10.4 Å². The van der Waals surface area contributed by atoms with E-state index in [0.29, 0.717) is 19.4 Å². The van der Waals surface area contributed by atoms with Crippen LogP contribution in [0.5, 0.6) is 0 Å². The molecule has 10 heteroatoms. The maximum Gasteiger partial charge on any atom is 0.469 e. The molecule has 0 aliphatic heterocycles. The molecule has 0 aliphatic rings. The van der Waals surface area contributed by atoms with Gasteiger partial charge in [-0.3, -0.25) is 4.52 Å². The summed E-state index contributed by atoms with van der Waals surface area (Å²) < 4.78 is 15.4. The van der Waals surface area contributed by atoms with E-state index in [0.717, 1.165) is 22.4 Å². The second kappa shape index (κ2) is 11.9. The van der Waals surface area contributed by atoms with Crippen LogP contribution in [0.3, 0.4) is 0 Å². The number of nitrogens with zero attached hydrogens (tertiary/aromatic N) is 1. The zero-order valence-electron chi connectivity index (χ0n) is 18.8. The molecule has 0 spiro atoms. The van der Waals surface area contributed by atoms with E-state index < -0.39 is 26.6 Å². The first-order chi connectivity index (χ1) is 16.2. The van der Waals surface area contributed by atoms with E-state index in [1.165, 1.54) is 10.4 Å². The van der Waals surface area contributed by atoms with E-state index in [1.807, 2.05) is 49.4 Å². The molecule has 182 valence electrons. The zero-order valence-corrected chi connectivity index (χ0v) is 20.5. The summed E-state index contributed by atoms with van der Waals surface area (Å²) in [6.45, 7) is 1.35. The summed E-state index contributed by atoms with van der Waals surface area (Å²) in [5, 5.41) is 15.8. The Morgan fingerprint density at radius 1 is 1.09 bits per heavy atom. The highest BCUT2D eigenvalue weighted by Gasteiger charge is 2.28. The molecule has 2 aromatic carbocycles. The minimum absolute atomic E-state index is 0.296. The lowest BCUT2D eigenvalue weighted by atomic mass is 9.93. The normalized spacial score (nSPS) is 14.1. The number of benzene rings is 2. The Kier molecular flexibility index (Phi) is 9.16. The zero-order chi connectivity index (χ0) is 24.6. The van der Waals surface area contributed by atoms with Crippen LogP contribution in [0.4, 0.5) is 0 Å². The second-order valence-electron chi connectivity index (χ2n) is 8.11. The molecule has 1 heterocycles. The molecule has 0 saturated heterocycles. The number of aliphatic hydroxyl groups excluding tert-OH is 1. The van der Waals surface area contributed by atoms with Gasteiger partial charge in [-0.1, -0.05) is 59.8 Å². The van der Waals surface area contributed by atoms with Crippen molar-refractivity contribution in [2.24, 2.45) is 10.9 Å². The molecule has 0 radical (unpaired) electrons. The fraction of sp³-hybridized carbons (Fsp3) is 0.292. The molecule has 1 unspecified atom stereocenters. The molecular formula is C24H29N2O6PS. The number of oxime groups is 1. The van der Waals surface area contributed by atoms with Crippen molar-refractivity contribution in [2.45, 2.75) is 31.9 Å². The number of phosphoric acid groups is 1. The van der Waals surface area contributed by atoms with Crippen LogP contribution in [0, 0.1) is 0 Å². The van der Waals surface area contributed by atoms with Crippen molar-refractivity contribution in [3.8, 4) is 10.4 Å². The molecule has 0 bridgehead atoms. The third-order valence-corrected chi connectivity index (χ3v) is 6.70. The van der Waals surface area contributed by atoms with E-state index in [4.69, 9.17) is 20.4 Å². The van der Waals surface area contributed by atoms with Crippen LogP contribution in [-0.2, 0) is 27.0 Å². The van der Waals surface area contributed by atoms with Crippen LogP contribution in [-0.4, -0.2) is 39.4 Å². The summed E-state index contributed by atoms with van der Waals surface area (Å²) in [6.07, 6.45) is 0.806. The number of aryl methyl sites for hydroxylation is 1. The van der Waals surface area contributed by atoms with Crippen molar-refractivity contribution in [2.75, 3.05) is 13.2 Å². The van der Waals surface area contributed by atoms with Gasteiger partial charge in [-0.2, -0.15) is 0 Å². The van der Waals surface area contributed by atoms with E-state index in [1.54, 1.807) is 11.3 Å². The Balaban J connectivity index is 1.50. The van der Waals surface area contributed by atoms with Gasteiger partial charge in [0.1, 0.15) is 6.61 Å². The highest BCUT2D eigenvalue weighted by molar-refractivity contribution is 7.46. The fourth-order valence-corrected chi connectivity index (χ4v) is 4.34. The number of nitrogens with two attached hydrogens (primary N) is 1. The average molecular weight is 505 g/mol. The number of rotatable bonds is 12. The molecule has 0 amide bonds. The van der Waals surface area contributed by atoms with Crippen LogP contribution >= 0.6 is 19.2 Å². The molecule has 0 fully saturated rings. The summed E-state index contributed by atoms with van der Waals surface area (Å²) >= 11 is 1.71. The number of thiophene rings is 1. The van der Waals surface area contributed by atoms with Crippen molar-refractivity contribution in [3.05, 3.63) is 82.7 Å². The second-order valence-corrected chi connectivity index (χ2v) is 10.3. The Bertz CT molecular complexity index is 1110. The van der Waals surface area contributed by atoms with Gasteiger partial charge in [0.2, 0.25) is 0 Å². The number of hydrogen-bond donors (Lipinski definition) is 4. The summed E-state index contributed by atoms with van der Waals surface area (Å²) in [5.74, 6) is 0. The van der Waals surface area contributed by atoms with Gasteiger partial charge in [0.05, 0.1) is 24.5 Å². The first kappa shape index (κ1) is 26.2. The van der Waals surface area contributed by atoms with E-state index in [9.17, 15) is 9.67 Å². The van der Waals surface area contributed by atoms with Gasteiger partial charge in [0, 0.05) is 4.88 Å². The highest BCUT2D eigenvalue weighted by atomic mass is 32.1. The van der Waals surface area contributed by atoms with Crippen molar-refractivity contribution in [3.63, 3.8) is 0 Å². The number of phosphoric ester groups is 1. The van der Waals surface area contributed by atoms with Crippen LogP contribution in [0.2, 0.25) is 0 Å². The lowest BCUT2D eigenvalue weighted by Gasteiger charge is -2.27. The van der Waals surface area contributed by atoms with Crippen molar-refractivity contribution in [1.29, 1.82) is 0 Å². The minimum Gasteiger partial charge on any atom is -0.394 e. The Labute approximate surface area is 202 Å². The molecule has 0 aliphatic carbocycles. The predicted octanol–water partition coefficient (Wildman–Crippen LogP) is 4.09. The quantitative estimate of drug-likeness (QED) is 0.166. The molecular weight excluding hydrogens is 475 g/mol. The van der Waals surface area contributed by atoms with E-state index in [-0.39, 0.29) is 0 Å². The van der Waals surface area contributed by atoms with Gasteiger partial charge in [0.15, 0.2) is 0 Å². The third-order valence-electron chi connectivity index (χ3n) is 5.31. The Morgan fingerprint density at radius 2 is 1.76 bits per heavy atom. The van der Waals surface area contributed by atoms with Crippen LogP contribution < -0.4 is 5.73 Å². The standard InChI is InChI=1S/C24H29N2O6PS/c1-18(26-31-15-20-6-10-22(11-7-20)23-3-2-14-34-23)21-8-4-19(5-9-21)12-13-24(25,16-27)17-32-33(28,29)30/h2-11,14,27H,12-13,15-17,25H2,1H3,(H2,28,29,30)/b26-18+. The summed E-state index contributed by atoms with van der Waals surface area (Å²) in [4.78, 5) is 24.5. The molecule has 5 N–H and O–H groups in total. The third kappa shape index (κ3) is 8.14. The van der Waals surface area contributed by atoms with Crippen LogP contribution in [0.15, 0.2) is 71.2 Å². The molecule has 8 nitrogen and oxygen atoms in total. The molecule has 3 aromatic rings. The lowest BCUT2D eigenvalue weighted by Crippen LogP contribution is -2.48. The molecule has 3 rings (SSSR count). The van der Waals surface area contributed by atoms with Crippen LogP contribution in [0.1, 0.15) is 30.0 Å². The maximum absolute atomic E-state index is 10.9. The van der Waals surface area contributed by atoms with Gasteiger partial charge < -0.3 is 25.5 Å². The molecule has 0 saturated carbocycles. The highest BCUT2D eigenvalue weighted by Crippen LogP contribution is 2.36. The molecule has 34 heavy (non-hydrogen) atoms. The summed E-state index contributed by atoms with van der Waals surface area (Å²) in [7, 11) is -4.65. The monoisotopic (exact) mass is 504 g/mol. The minimum atomic E-state index is -4.65. The Morgan fingerprint density at radius 3 is 2.35 bits per heavy atom. The largest absolute Gasteiger partial charge is 0.469 e. The van der Waals surface area contributed by atoms with Gasteiger partial charge in [0.25, 0.3) is 0 Å². The fourth-order valence-electron chi connectivity index (χ4n) is 3.18. The van der Waals surface area contributed by atoms with E-state index in [2.05, 4.69) is 33.3 Å². The van der Waals surface area contributed by atoms with Gasteiger partial charge in [-0.25, -0.2) is 4.57 Å². The molecule has 1 atom stereocenters. The predicted molar refractivity (Wildman–Crippen MR) is 134 cm³/mol. The topological polar surface area (TPSA) is 135 Å². The van der Waals surface area contributed by atoms with Crippen molar-refractivity contribution >= 4 is 24.9 Å². The smallest absolute Gasteiger partial charge is 0.394 e. The lowest BCUT2D eigenvalue weighted by molar-refractivity contribution is 0.102.